The zero-order chi connectivity index (χ0) is 25.8. The van der Waals surface area contributed by atoms with Crippen LogP contribution in [0.3, 0.4) is 0 Å². The number of halogens is 1. The van der Waals surface area contributed by atoms with Gasteiger partial charge in [-0.25, -0.2) is 9.18 Å². The third-order valence-corrected chi connectivity index (χ3v) is 6.45. The minimum atomic E-state index is -0.646. The highest BCUT2D eigenvalue weighted by Crippen LogP contribution is 2.37. The summed E-state index contributed by atoms with van der Waals surface area (Å²) < 4.78 is 25.2. The van der Waals surface area contributed by atoms with Crippen LogP contribution in [-0.4, -0.2) is 34.7 Å². The molecule has 2 heterocycles. The summed E-state index contributed by atoms with van der Waals surface area (Å²) in [7, 11) is 1.59. The second-order valence-corrected chi connectivity index (χ2v) is 8.83. The van der Waals surface area contributed by atoms with Crippen LogP contribution in [0.2, 0.25) is 0 Å². The first-order valence-electron chi connectivity index (χ1n) is 12.1. The summed E-state index contributed by atoms with van der Waals surface area (Å²) in [6, 6.07) is 22.8. The van der Waals surface area contributed by atoms with Gasteiger partial charge in [0, 0.05) is 17.8 Å². The Morgan fingerprint density at radius 1 is 1.05 bits per heavy atom. The number of methoxy groups -OCH3 is 1. The number of hydrogen-bond acceptors (Lipinski definition) is 5. The zero-order valence-electron chi connectivity index (χ0n) is 20.6. The van der Waals surface area contributed by atoms with Crippen molar-refractivity contribution >= 4 is 11.6 Å². The van der Waals surface area contributed by atoms with Crippen LogP contribution in [0.5, 0.6) is 5.75 Å². The summed E-state index contributed by atoms with van der Waals surface area (Å²) in [6.45, 7) is 2.36. The highest BCUT2D eigenvalue weighted by atomic mass is 19.1. The molecule has 4 aromatic rings. The van der Waals surface area contributed by atoms with E-state index in [4.69, 9.17) is 9.26 Å². The molecule has 0 saturated carbocycles. The van der Waals surface area contributed by atoms with Gasteiger partial charge in [-0.05, 0) is 55.2 Å². The Kier molecular flexibility index (Phi) is 6.98. The number of ether oxygens (including phenoxy) is 1. The molecule has 0 aliphatic carbocycles. The number of urea groups is 1. The number of rotatable bonds is 8. The smallest absolute Gasteiger partial charge is 0.322 e. The van der Waals surface area contributed by atoms with Gasteiger partial charge < -0.3 is 14.6 Å². The Labute approximate surface area is 214 Å². The van der Waals surface area contributed by atoms with Gasteiger partial charge in [0.15, 0.2) is 0 Å². The van der Waals surface area contributed by atoms with Crippen molar-refractivity contribution in [2.45, 2.75) is 25.8 Å². The molecule has 0 bridgehead atoms. The number of carbonyl (C=O) groups excluding carboxylic acids is 1. The number of aryl methyl sites for hydroxylation is 1. The zero-order valence-corrected chi connectivity index (χ0v) is 20.6. The summed E-state index contributed by atoms with van der Waals surface area (Å²) >= 11 is 0. The van der Waals surface area contributed by atoms with Crippen LogP contribution < -0.4 is 10.1 Å². The molecular formula is C29H27FN4O3. The predicted molar refractivity (Wildman–Crippen MR) is 138 cm³/mol. The molecule has 3 aromatic carbocycles. The van der Waals surface area contributed by atoms with E-state index in [-0.39, 0.29) is 11.9 Å². The number of allylic oxidation sites excluding steroid dienone is 1. The Morgan fingerprint density at radius 3 is 2.65 bits per heavy atom. The van der Waals surface area contributed by atoms with Gasteiger partial charge in [0.25, 0.3) is 5.89 Å². The van der Waals surface area contributed by atoms with Gasteiger partial charge in [0.05, 0.1) is 18.7 Å². The molecule has 0 fully saturated rings. The Hall–Kier alpha value is -4.46. The number of hydrogen-bond donors (Lipinski definition) is 1. The third-order valence-electron chi connectivity index (χ3n) is 6.45. The van der Waals surface area contributed by atoms with E-state index in [1.807, 2.05) is 49.4 Å². The van der Waals surface area contributed by atoms with Crippen molar-refractivity contribution in [2.75, 3.05) is 13.7 Å². The third kappa shape index (κ3) is 5.23. The molecule has 1 aliphatic rings. The maximum atomic E-state index is 14.1. The first-order valence-corrected chi connectivity index (χ1v) is 12.1. The lowest BCUT2D eigenvalue weighted by molar-refractivity contribution is 0.204. The molecule has 2 amide bonds. The molecule has 0 radical (unpaired) electrons. The summed E-state index contributed by atoms with van der Waals surface area (Å²) in [5.74, 6) is 0.931. The Morgan fingerprint density at radius 2 is 1.86 bits per heavy atom. The summed E-state index contributed by atoms with van der Waals surface area (Å²) in [6.07, 6.45) is 1.60. The molecule has 7 nitrogen and oxygen atoms in total. The van der Waals surface area contributed by atoms with Crippen molar-refractivity contribution in [3.63, 3.8) is 0 Å². The summed E-state index contributed by atoms with van der Waals surface area (Å²) in [4.78, 5) is 19.5. The monoisotopic (exact) mass is 498 g/mol. The van der Waals surface area contributed by atoms with Crippen LogP contribution >= 0.6 is 0 Å². The van der Waals surface area contributed by atoms with Gasteiger partial charge in [0.1, 0.15) is 11.6 Å². The average molecular weight is 499 g/mol. The number of aromatic nitrogens is 2. The van der Waals surface area contributed by atoms with E-state index in [0.717, 1.165) is 18.4 Å². The molecule has 1 aromatic heterocycles. The second kappa shape index (κ2) is 10.7. The van der Waals surface area contributed by atoms with Gasteiger partial charge in [-0.2, -0.15) is 4.98 Å². The van der Waals surface area contributed by atoms with E-state index in [1.165, 1.54) is 17.7 Å². The number of benzene rings is 3. The van der Waals surface area contributed by atoms with Gasteiger partial charge >= 0.3 is 6.03 Å². The Bertz CT molecular complexity index is 1430. The van der Waals surface area contributed by atoms with Crippen LogP contribution in [0, 0.1) is 5.82 Å². The van der Waals surface area contributed by atoms with Crippen molar-refractivity contribution in [3.8, 4) is 17.1 Å². The number of nitrogens with zero attached hydrogens (tertiary/aromatic N) is 3. The number of nitrogens with one attached hydrogen (secondary N) is 1. The van der Waals surface area contributed by atoms with E-state index in [1.54, 1.807) is 24.1 Å². The lowest BCUT2D eigenvalue weighted by Crippen LogP contribution is -2.46. The SMILES string of the molecule is COc1cccc(-c2noc(C3=C(C)N(CCCc4ccccc4)C(=O)NC3c3cccc(F)c3)n2)c1. The van der Waals surface area contributed by atoms with E-state index >= 15 is 0 Å². The van der Waals surface area contributed by atoms with Crippen molar-refractivity contribution in [1.29, 1.82) is 0 Å². The normalized spacial score (nSPS) is 15.6. The van der Waals surface area contributed by atoms with Crippen molar-refractivity contribution in [1.82, 2.24) is 20.4 Å². The molecule has 8 heteroatoms. The molecule has 1 N–H and O–H groups in total. The lowest BCUT2D eigenvalue weighted by atomic mass is 9.94. The van der Waals surface area contributed by atoms with Gasteiger partial charge in [0.2, 0.25) is 5.82 Å². The largest absolute Gasteiger partial charge is 0.497 e. The Balaban J connectivity index is 1.50. The fraction of sp³-hybridized carbons (Fsp3) is 0.207. The molecule has 37 heavy (non-hydrogen) atoms. The van der Waals surface area contributed by atoms with Gasteiger partial charge in [-0.3, -0.25) is 4.90 Å². The average Bonchev–Trinajstić information content (AvgIpc) is 3.41. The fourth-order valence-electron chi connectivity index (χ4n) is 4.56. The van der Waals surface area contributed by atoms with E-state index in [0.29, 0.717) is 35.0 Å². The first kappa shape index (κ1) is 24.2. The maximum absolute atomic E-state index is 14.1. The van der Waals surface area contributed by atoms with Crippen LogP contribution in [0.25, 0.3) is 17.0 Å². The van der Waals surface area contributed by atoms with Crippen LogP contribution in [-0.2, 0) is 6.42 Å². The molecule has 0 saturated heterocycles. The van der Waals surface area contributed by atoms with E-state index in [2.05, 4.69) is 27.6 Å². The minimum Gasteiger partial charge on any atom is -0.497 e. The fourth-order valence-corrected chi connectivity index (χ4v) is 4.56. The van der Waals surface area contributed by atoms with Crippen molar-refractivity contribution in [2.24, 2.45) is 0 Å². The van der Waals surface area contributed by atoms with Crippen LogP contribution in [0.15, 0.2) is 89.1 Å². The second-order valence-electron chi connectivity index (χ2n) is 8.83. The van der Waals surface area contributed by atoms with E-state index < -0.39 is 11.9 Å². The molecular weight excluding hydrogens is 471 g/mol. The molecule has 1 aliphatic heterocycles. The van der Waals surface area contributed by atoms with Crippen LogP contribution in [0.1, 0.15) is 36.4 Å². The maximum Gasteiger partial charge on any atom is 0.322 e. The molecule has 188 valence electrons. The minimum absolute atomic E-state index is 0.254. The highest BCUT2D eigenvalue weighted by Gasteiger charge is 2.35. The van der Waals surface area contributed by atoms with Gasteiger partial charge in [-0.15, -0.1) is 0 Å². The molecule has 1 unspecified atom stereocenters. The van der Waals surface area contributed by atoms with Gasteiger partial charge in [-0.1, -0.05) is 59.8 Å². The quantitative estimate of drug-likeness (QED) is 0.322. The summed E-state index contributed by atoms with van der Waals surface area (Å²) in [5, 5.41) is 7.20. The number of carbonyl (C=O) groups is 1. The standard InChI is InChI=1S/C29H27FN4O3/c1-19-25(28-32-27(33-37-28)22-13-7-15-24(18-22)36-2)26(21-12-6-14-23(30)17-21)31-29(35)34(19)16-8-11-20-9-4-3-5-10-20/h3-7,9-10,12-15,17-18,26H,8,11,16H2,1-2H3,(H,31,35). The molecule has 5 rings (SSSR count). The van der Waals surface area contributed by atoms with Crippen molar-refractivity contribution < 1.29 is 18.4 Å². The topological polar surface area (TPSA) is 80.5 Å². The number of amides is 2. The lowest BCUT2D eigenvalue weighted by Gasteiger charge is -2.35. The van der Waals surface area contributed by atoms with Crippen molar-refractivity contribution in [3.05, 3.63) is 107 Å². The first-order chi connectivity index (χ1) is 18.0. The predicted octanol–water partition coefficient (Wildman–Crippen LogP) is 6.01. The molecule has 0 spiro atoms. The molecule has 1 atom stereocenters. The van der Waals surface area contributed by atoms with E-state index in [9.17, 15) is 9.18 Å². The highest BCUT2D eigenvalue weighted by molar-refractivity contribution is 5.86. The van der Waals surface area contributed by atoms with Crippen LogP contribution in [0.4, 0.5) is 9.18 Å². The summed E-state index contributed by atoms with van der Waals surface area (Å²) in [5.41, 5.74) is 3.85.